The van der Waals surface area contributed by atoms with Gasteiger partial charge in [-0.05, 0) is 60.5 Å². The molecule has 1 fully saturated rings. The topological polar surface area (TPSA) is 120 Å². The van der Waals surface area contributed by atoms with Gasteiger partial charge < -0.3 is 29.0 Å². The summed E-state index contributed by atoms with van der Waals surface area (Å²) in [4.78, 5) is 26.7. The van der Waals surface area contributed by atoms with Gasteiger partial charge in [0.2, 0.25) is 5.95 Å². The van der Waals surface area contributed by atoms with Crippen LogP contribution in [-0.2, 0) is 4.74 Å². The molecule has 0 spiro atoms. The molecule has 0 unspecified atom stereocenters. The van der Waals surface area contributed by atoms with Crippen LogP contribution in [0.15, 0.2) is 77.9 Å². The Bertz CT molecular complexity index is 1860. The van der Waals surface area contributed by atoms with Crippen molar-refractivity contribution in [2.75, 3.05) is 59.0 Å². The van der Waals surface area contributed by atoms with E-state index in [1.165, 1.54) is 18.3 Å². The first-order valence-electron chi connectivity index (χ1n) is 14.9. The van der Waals surface area contributed by atoms with Crippen molar-refractivity contribution in [3.8, 4) is 39.9 Å². The number of ether oxygens (including phenoxy) is 5. The van der Waals surface area contributed by atoms with Crippen LogP contribution in [0.3, 0.4) is 0 Å². The number of benzene rings is 3. The van der Waals surface area contributed by atoms with Gasteiger partial charge >= 0.3 is 0 Å². The molecule has 11 nitrogen and oxygen atoms in total. The summed E-state index contributed by atoms with van der Waals surface area (Å²) >= 11 is 0. The molecule has 0 atom stereocenters. The van der Waals surface area contributed by atoms with Gasteiger partial charge in [-0.15, -0.1) is 0 Å². The highest BCUT2D eigenvalue weighted by atomic mass is 19.1. The lowest BCUT2D eigenvalue weighted by Crippen LogP contribution is -2.37. The van der Waals surface area contributed by atoms with Crippen molar-refractivity contribution in [3.63, 3.8) is 0 Å². The van der Waals surface area contributed by atoms with Crippen LogP contribution in [0.2, 0.25) is 0 Å². The molecule has 1 aliphatic rings. The summed E-state index contributed by atoms with van der Waals surface area (Å²) in [5.74, 6) is 1.78. The van der Waals surface area contributed by atoms with Crippen molar-refractivity contribution < 1.29 is 28.1 Å². The van der Waals surface area contributed by atoms with E-state index < -0.39 is 11.4 Å². The zero-order chi connectivity index (χ0) is 31.9. The van der Waals surface area contributed by atoms with Crippen molar-refractivity contribution in [3.05, 3.63) is 89.2 Å². The summed E-state index contributed by atoms with van der Waals surface area (Å²) in [6.45, 7) is 4.84. The predicted molar refractivity (Wildman–Crippen MR) is 172 cm³/mol. The zero-order valence-electron chi connectivity index (χ0n) is 25.5. The fraction of sp³-hybridized carbons (Fsp3) is 0.265. The first kappa shape index (κ1) is 30.8. The number of morpholine rings is 1. The van der Waals surface area contributed by atoms with E-state index in [0.717, 1.165) is 39.3 Å². The molecule has 1 aliphatic heterocycles. The zero-order valence-corrected chi connectivity index (χ0v) is 25.5. The lowest BCUT2D eigenvalue weighted by molar-refractivity contribution is 0.0357. The van der Waals surface area contributed by atoms with Crippen LogP contribution in [-0.4, -0.2) is 73.5 Å². The van der Waals surface area contributed by atoms with Crippen molar-refractivity contribution in [2.24, 2.45) is 0 Å². The second kappa shape index (κ2) is 14.3. The Morgan fingerprint density at radius 3 is 2.50 bits per heavy atom. The Hall–Kier alpha value is -5.20. The van der Waals surface area contributed by atoms with Crippen LogP contribution >= 0.6 is 0 Å². The van der Waals surface area contributed by atoms with Crippen molar-refractivity contribution in [1.29, 1.82) is 0 Å². The van der Waals surface area contributed by atoms with Gasteiger partial charge in [0.25, 0.3) is 5.56 Å². The molecule has 12 heteroatoms. The Kier molecular flexibility index (Phi) is 9.56. The number of aromatic nitrogens is 3. The van der Waals surface area contributed by atoms with Gasteiger partial charge in [-0.25, -0.2) is 9.37 Å². The van der Waals surface area contributed by atoms with Gasteiger partial charge in [-0.2, -0.15) is 0 Å². The number of rotatable bonds is 12. The number of aromatic amines is 1. The smallest absolute Gasteiger partial charge is 0.260 e. The maximum atomic E-state index is 15.3. The quantitative estimate of drug-likeness (QED) is 0.165. The van der Waals surface area contributed by atoms with Crippen molar-refractivity contribution in [2.45, 2.75) is 6.42 Å². The molecule has 3 aromatic carbocycles. The summed E-state index contributed by atoms with van der Waals surface area (Å²) in [6.07, 6.45) is 3.84. The maximum Gasteiger partial charge on any atom is 0.260 e. The fourth-order valence-electron chi connectivity index (χ4n) is 5.13. The standard InChI is InChI=1S/C34H34FN5O6/c1-42-24-7-5-23(6-8-24)38-34-37-21-26(33(41)39-34)22-4-9-30(27(35)18-22)46-29-10-11-36-28-20-32(31(43-2)19-25(28)29)45-15-3-12-40-13-16-44-17-14-40/h4-11,18-21H,3,12-17H2,1-2H3,(H2,37,38,39,41). The molecule has 238 valence electrons. The Labute approximate surface area is 264 Å². The monoisotopic (exact) mass is 627 g/mol. The summed E-state index contributed by atoms with van der Waals surface area (Å²) in [7, 11) is 3.15. The third-order valence-electron chi connectivity index (χ3n) is 7.58. The van der Waals surface area contributed by atoms with Crippen LogP contribution in [0, 0.1) is 5.82 Å². The van der Waals surface area contributed by atoms with E-state index in [2.05, 4.69) is 25.2 Å². The van der Waals surface area contributed by atoms with Gasteiger partial charge in [0.05, 0.1) is 45.1 Å². The molecule has 0 bridgehead atoms. The predicted octanol–water partition coefficient (Wildman–Crippen LogP) is 5.78. The lowest BCUT2D eigenvalue weighted by atomic mass is 10.1. The number of nitrogens with one attached hydrogen (secondary N) is 2. The molecule has 2 N–H and O–H groups in total. The molecule has 0 aliphatic carbocycles. The normalized spacial score (nSPS) is 13.4. The first-order valence-corrected chi connectivity index (χ1v) is 14.9. The second-order valence-electron chi connectivity index (χ2n) is 10.6. The second-order valence-corrected chi connectivity index (χ2v) is 10.6. The van der Waals surface area contributed by atoms with Gasteiger partial charge in [-0.3, -0.25) is 19.7 Å². The van der Waals surface area contributed by atoms with E-state index in [9.17, 15) is 4.79 Å². The number of pyridine rings is 1. The number of nitrogens with zero attached hydrogens (tertiary/aromatic N) is 3. The molecule has 1 saturated heterocycles. The Morgan fingerprint density at radius 2 is 1.76 bits per heavy atom. The molecule has 0 amide bonds. The molecule has 0 saturated carbocycles. The highest BCUT2D eigenvalue weighted by Crippen LogP contribution is 2.38. The van der Waals surface area contributed by atoms with E-state index in [1.807, 2.05) is 0 Å². The van der Waals surface area contributed by atoms with Gasteiger partial charge in [-0.1, -0.05) is 6.07 Å². The summed E-state index contributed by atoms with van der Waals surface area (Å²) in [5, 5.41) is 3.66. The molecule has 5 aromatic rings. The van der Waals surface area contributed by atoms with E-state index >= 15 is 4.39 Å². The fourth-order valence-corrected chi connectivity index (χ4v) is 5.13. The molecular formula is C34H34FN5O6. The average Bonchev–Trinajstić information content (AvgIpc) is 3.08. The van der Waals surface area contributed by atoms with E-state index in [4.69, 9.17) is 23.7 Å². The molecule has 6 rings (SSSR count). The number of hydrogen-bond donors (Lipinski definition) is 2. The third-order valence-corrected chi connectivity index (χ3v) is 7.58. The van der Waals surface area contributed by atoms with Crippen LogP contribution in [0.25, 0.3) is 22.0 Å². The number of anilines is 2. The summed E-state index contributed by atoms with van der Waals surface area (Å²) in [5.41, 5.74) is 1.46. The molecular weight excluding hydrogens is 593 g/mol. The first-order chi connectivity index (χ1) is 22.5. The van der Waals surface area contributed by atoms with Crippen LogP contribution in [0.5, 0.6) is 28.7 Å². The van der Waals surface area contributed by atoms with Gasteiger partial charge in [0.1, 0.15) is 11.5 Å². The number of methoxy groups -OCH3 is 2. The van der Waals surface area contributed by atoms with E-state index in [-0.39, 0.29) is 17.3 Å². The van der Waals surface area contributed by atoms with E-state index in [0.29, 0.717) is 51.8 Å². The molecule has 0 radical (unpaired) electrons. The number of halogens is 1. The third kappa shape index (κ3) is 7.19. The van der Waals surface area contributed by atoms with Crippen molar-refractivity contribution >= 4 is 22.5 Å². The Balaban J connectivity index is 1.15. The maximum absolute atomic E-state index is 15.3. The number of H-pyrrole nitrogens is 1. The van der Waals surface area contributed by atoms with Crippen LogP contribution in [0.1, 0.15) is 6.42 Å². The number of hydrogen-bond acceptors (Lipinski definition) is 10. The minimum Gasteiger partial charge on any atom is -0.497 e. The average molecular weight is 628 g/mol. The highest BCUT2D eigenvalue weighted by molar-refractivity contribution is 5.88. The van der Waals surface area contributed by atoms with E-state index in [1.54, 1.807) is 68.9 Å². The molecule has 46 heavy (non-hydrogen) atoms. The van der Waals surface area contributed by atoms with Gasteiger partial charge in [0.15, 0.2) is 23.1 Å². The lowest BCUT2D eigenvalue weighted by Gasteiger charge is -2.26. The summed E-state index contributed by atoms with van der Waals surface area (Å²) in [6, 6.07) is 16.7. The molecule has 3 heterocycles. The van der Waals surface area contributed by atoms with Crippen LogP contribution < -0.4 is 29.8 Å². The Morgan fingerprint density at radius 1 is 0.935 bits per heavy atom. The number of fused-ring (bicyclic) bond motifs is 1. The largest absolute Gasteiger partial charge is 0.497 e. The summed E-state index contributed by atoms with van der Waals surface area (Å²) < 4.78 is 43.6. The van der Waals surface area contributed by atoms with Crippen molar-refractivity contribution in [1.82, 2.24) is 19.9 Å². The minimum absolute atomic E-state index is 0.0131. The minimum atomic E-state index is -0.644. The highest BCUT2D eigenvalue weighted by Gasteiger charge is 2.16. The SMILES string of the molecule is COc1ccc(Nc2ncc(-c3ccc(Oc4ccnc5cc(OCCCN6CCOCC6)c(OC)cc45)c(F)c3)c(=O)[nH]2)cc1. The van der Waals surface area contributed by atoms with Crippen LogP contribution in [0.4, 0.5) is 16.0 Å². The van der Waals surface area contributed by atoms with Gasteiger partial charge in [0, 0.05) is 49.2 Å². The molecule has 2 aromatic heterocycles.